The van der Waals surface area contributed by atoms with Crippen LogP contribution in [0.3, 0.4) is 0 Å². The summed E-state index contributed by atoms with van der Waals surface area (Å²) in [5.41, 5.74) is 1.20. The number of aromatic nitrogens is 2. The van der Waals surface area contributed by atoms with Gasteiger partial charge in [-0.15, -0.1) is 0 Å². The van der Waals surface area contributed by atoms with E-state index >= 15 is 0 Å². The average Bonchev–Trinajstić information content (AvgIpc) is 2.56. The number of nitrogens with one attached hydrogen (secondary N) is 1. The molecule has 0 aliphatic rings. The Morgan fingerprint density at radius 3 is 2.67 bits per heavy atom. The summed E-state index contributed by atoms with van der Waals surface area (Å²) in [6.07, 6.45) is 2.05. The number of carbonyl (C=O) groups excluding carboxylic acids is 2. The zero-order valence-electron chi connectivity index (χ0n) is 13.0. The van der Waals surface area contributed by atoms with Gasteiger partial charge in [-0.25, -0.2) is 4.98 Å². The molecule has 0 radical (unpaired) electrons. The average molecular weight is 367 g/mol. The van der Waals surface area contributed by atoms with Crippen LogP contribution in [0.5, 0.6) is 0 Å². The number of nitrogens with zero attached hydrogens (tertiary/aromatic N) is 3. The normalized spacial score (nSPS) is 10.3. The first kappa shape index (κ1) is 18.2. The molecule has 2 amide bonds. The van der Waals surface area contributed by atoms with Crippen molar-refractivity contribution in [3.05, 3.63) is 52.5 Å². The van der Waals surface area contributed by atoms with E-state index in [2.05, 4.69) is 15.3 Å². The lowest BCUT2D eigenvalue weighted by Crippen LogP contribution is -2.32. The minimum atomic E-state index is -0.462. The summed E-state index contributed by atoms with van der Waals surface area (Å²) in [6, 6.07) is 8.65. The van der Waals surface area contributed by atoms with Crippen molar-refractivity contribution in [1.29, 1.82) is 0 Å². The molecule has 24 heavy (non-hydrogen) atoms. The van der Waals surface area contributed by atoms with Crippen molar-refractivity contribution in [2.24, 2.45) is 0 Å². The molecular weight excluding hydrogens is 351 g/mol. The van der Waals surface area contributed by atoms with Gasteiger partial charge in [0.05, 0.1) is 5.69 Å². The van der Waals surface area contributed by atoms with Gasteiger partial charge >= 0.3 is 0 Å². The molecule has 0 saturated heterocycles. The zero-order chi connectivity index (χ0) is 17.5. The number of hydrogen-bond acceptors (Lipinski definition) is 4. The van der Waals surface area contributed by atoms with Crippen molar-refractivity contribution >= 4 is 40.7 Å². The van der Waals surface area contributed by atoms with Crippen LogP contribution in [0.4, 0.5) is 5.69 Å². The van der Waals surface area contributed by atoms with E-state index in [1.54, 1.807) is 13.2 Å². The Balaban J connectivity index is 1.83. The minimum absolute atomic E-state index is 0.0757. The number of pyridine rings is 2. The van der Waals surface area contributed by atoms with Crippen LogP contribution in [0.15, 0.2) is 36.5 Å². The number of anilines is 1. The number of carbonyl (C=O) groups is 2. The Labute approximate surface area is 149 Å². The van der Waals surface area contributed by atoms with E-state index in [-0.39, 0.29) is 22.6 Å². The maximum absolute atomic E-state index is 12.1. The van der Waals surface area contributed by atoms with E-state index in [0.717, 1.165) is 5.69 Å². The number of hydrogen-bond donors (Lipinski definition) is 1. The SMILES string of the molecule is CN(CCc1ccccn1)C(=O)CC(=O)Nc1ccc(Cl)nc1Cl. The lowest BCUT2D eigenvalue weighted by Gasteiger charge is -2.16. The van der Waals surface area contributed by atoms with Gasteiger partial charge in [-0.3, -0.25) is 14.6 Å². The number of halogens is 2. The summed E-state index contributed by atoms with van der Waals surface area (Å²) >= 11 is 11.6. The summed E-state index contributed by atoms with van der Waals surface area (Å²) in [5.74, 6) is -0.753. The smallest absolute Gasteiger partial charge is 0.233 e. The van der Waals surface area contributed by atoms with Gasteiger partial charge in [0.1, 0.15) is 11.6 Å². The van der Waals surface area contributed by atoms with Crippen LogP contribution in [0, 0.1) is 0 Å². The molecule has 0 aliphatic carbocycles. The van der Waals surface area contributed by atoms with Crippen molar-refractivity contribution in [3.63, 3.8) is 0 Å². The lowest BCUT2D eigenvalue weighted by atomic mass is 10.2. The van der Waals surface area contributed by atoms with Crippen LogP contribution >= 0.6 is 23.2 Å². The van der Waals surface area contributed by atoms with Crippen LogP contribution < -0.4 is 5.32 Å². The zero-order valence-corrected chi connectivity index (χ0v) is 14.5. The maximum Gasteiger partial charge on any atom is 0.233 e. The van der Waals surface area contributed by atoms with Gasteiger partial charge < -0.3 is 10.2 Å². The van der Waals surface area contributed by atoms with Crippen LogP contribution in [0.2, 0.25) is 10.3 Å². The Hall–Kier alpha value is -2.18. The van der Waals surface area contributed by atoms with E-state index in [1.165, 1.54) is 17.0 Å². The van der Waals surface area contributed by atoms with Crippen LogP contribution in [-0.2, 0) is 16.0 Å². The number of likely N-dealkylation sites (N-methyl/N-ethyl adjacent to an activating group) is 1. The van der Waals surface area contributed by atoms with Crippen molar-refractivity contribution < 1.29 is 9.59 Å². The van der Waals surface area contributed by atoms with Gasteiger partial charge in [-0.2, -0.15) is 0 Å². The van der Waals surface area contributed by atoms with Crippen LogP contribution in [0.1, 0.15) is 12.1 Å². The molecule has 1 N–H and O–H groups in total. The molecule has 126 valence electrons. The fourth-order valence-electron chi connectivity index (χ4n) is 1.93. The second-order valence-corrected chi connectivity index (χ2v) is 5.83. The Bertz CT molecular complexity index is 725. The van der Waals surface area contributed by atoms with Crippen molar-refractivity contribution in [3.8, 4) is 0 Å². The fourth-order valence-corrected chi connectivity index (χ4v) is 2.32. The largest absolute Gasteiger partial charge is 0.345 e. The molecule has 2 aromatic heterocycles. The fraction of sp³-hybridized carbons (Fsp3) is 0.250. The van der Waals surface area contributed by atoms with Crippen molar-refractivity contribution in [2.75, 3.05) is 18.9 Å². The second-order valence-electron chi connectivity index (χ2n) is 5.08. The lowest BCUT2D eigenvalue weighted by molar-refractivity contribution is -0.133. The van der Waals surface area contributed by atoms with Gasteiger partial charge in [0.2, 0.25) is 11.8 Å². The van der Waals surface area contributed by atoms with E-state index in [0.29, 0.717) is 18.7 Å². The van der Waals surface area contributed by atoms with Gasteiger partial charge in [0.15, 0.2) is 5.15 Å². The molecule has 0 aliphatic heterocycles. The van der Waals surface area contributed by atoms with E-state index < -0.39 is 5.91 Å². The van der Waals surface area contributed by atoms with Crippen molar-refractivity contribution in [1.82, 2.24) is 14.9 Å². The minimum Gasteiger partial charge on any atom is -0.345 e. The molecule has 0 bridgehead atoms. The van der Waals surface area contributed by atoms with Crippen molar-refractivity contribution in [2.45, 2.75) is 12.8 Å². The second kappa shape index (κ2) is 8.61. The third-order valence-corrected chi connectivity index (χ3v) is 3.75. The topological polar surface area (TPSA) is 75.2 Å². The molecule has 2 aromatic rings. The highest BCUT2D eigenvalue weighted by Crippen LogP contribution is 2.21. The molecule has 0 spiro atoms. The summed E-state index contributed by atoms with van der Waals surface area (Å²) in [6.45, 7) is 0.479. The standard InChI is InChI=1S/C16H16Cl2N4O2/c1-22(9-7-11-4-2-3-8-19-11)15(24)10-14(23)20-12-5-6-13(17)21-16(12)18/h2-6,8H,7,9-10H2,1H3,(H,20,23). The molecule has 0 fully saturated rings. The number of amides is 2. The summed E-state index contributed by atoms with van der Waals surface area (Å²) in [4.78, 5) is 33.5. The van der Waals surface area contributed by atoms with Gasteiger partial charge in [0.25, 0.3) is 0 Å². The molecule has 0 saturated carbocycles. The molecule has 8 heteroatoms. The first-order valence-corrected chi connectivity index (χ1v) is 7.97. The highest BCUT2D eigenvalue weighted by Gasteiger charge is 2.15. The van der Waals surface area contributed by atoms with Gasteiger partial charge in [-0.05, 0) is 24.3 Å². The Kier molecular flexibility index (Phi) is 6.52. The first-order valence-electron chi connectivity index (χ1n) is 7.21. The molecule has 0 unspecified atom stereocenters. The van der Waals surface area contributed by atoms with E-state index in [4.69, 9.17) is 23.2 Å². The van der Waals surface area contributed by atoms with Gasteiger partial charge in [-0.1, -0.05) is 29.3 Å². The molecular formula is C16H16Cl2N4O2. The predicted molar refractivity (Wildman–Crippen MR) is 93.1 cm³/mol. The molecule has 6 nitrogen and oxygen atoms in total. The third kappa shape index (κ3) is 5.47. The quantitative estimate of drug-likeness (QED) is 0.629. The predicted octanol–water partition coefficient (Wildman–Crippen LogP) is 2.81. The Morgan fingerprint density at radius 1 is 1.21 bits per heavy atom. The number of rotatable bonds is 6. The van der Waals surface area contributed by atoms with Crippen LogP contribution in [0.25, 0.3) is 0 Å². The third-order valence-electron chi connectivity index (χ3n) is 3.26. The van der Waals surface area contributed by atoms with Gasteiger partial charge in [0, 0.05) is 31.9 Å². The van der Waals surface area contributed by atoms with E-state index in [9.17, 15) is 9.59 Å². The highest BCUT2D eigenvalue weighted by molar-refractivity contribution is 6.34. The highest BCUT2D eigenvalue weighted by atomic mass is 35.5. The first-order chi connectivity index (χ1) is 11.5. The molecule has 0 atom stereocenters. The molecule has 2 heterocycles. The monoisotopic (exact) mass is 366 g/mol. The Morgan fingerprint density at radius 2 is 2.00 bits per heavy atom. The van der Waals surface area contributed by atoms with E-state index in [1.807, 2.05) is 18.2 Å². The molecule has 2 rings (SSSR count). The molecule has 0 aromatic carbocycles. The summed E-state index contributed by atoms with van der Waals surface area (Å²) in [7, 11) is 1.65. The maximum atomic E-state index is 12.1. The summed E-state index contributed by atoms with van der Waals surface area (Å²) < 4.78 is 0. The summed E-state index contributed by atoms with van der Waals surface area (Å²) in [5, 5.41) is 2.85. The van der Waals surface area contributed by atoms with Crippen LogP contribution in [-0.4, -0.2) is 40.3 Å².